The van der Waals surface area contributed by atoms with Crippen LogP contribution in [0.5, 0.6) is 0 Å². The fraction of sp³-hybridized carbons (Fsp3) is 0.167. The summed E-state index contributed by atoms with van der Waals surface area (Å²) in [4.78, 5) is 3.91. The molecule has 0 aliphatic heterocycles. The number of nitrogens with zero attached hydrogens (tertiary/aromatic N) is 1. The molecule has 0 fully saturated rings. The predicted molar refractivity (Wildman–Crippen MR) is 28.9 cm³/mol. The van der Waals surface area contributed by atoms with Gasteiger partial charge in [-0.3, -0.25) is 4.84 Å². The summed E-state index contributed by atoms with van der Waals surface area (Å²) in [5.41, 5.74) is 0. The van der Waals surface area contributed by atoms with Gasteiger partial charge in [0.1, 0.15) is 7.11 Å². The molecule has 0 atom stereocenters. The number of pyridine rings is 1. The normalized spacial score (nSPS) is 10.3. The Hall–Kier alpha value is -1.40. The van der Waals surface area contributed by atoms with E-state index in [1.807, 2.05) is 0 Å². The van der Waals surface area contributed by atoms with Crippen molar-refractivity contribution in [3.63, 3.8) is 0 Å². The number of halogens is 5. The van der Waals surface area contributed by atoms with Crippen LogP contribution in [0.25, 0.3) is 0 Å². The lowest BCUT2D eigenvalue weighted by molar-refractivity contribution is -0.926. The summed E-state index contributed by atoms with van der Waals surface area (Å²) in [6.07, 6.45) is 0. The van der Waals surface area contributed by atoms with E-state index in [0.29, 0.717) is 0 Å². The molecule has 0 spiro atoms. The Morgan fingerprint density at radius 1 is 0.846 bits per heavy atom. The van der Waals surface area contributed by atoms with Crippen molar-refractivity contribution in [2.24, 2.45) is 0 Å². The van der Waals surface area contributed by atoms with Gasteiger partial charge in [0.25, 0.3) is 11.6 Å². The SMILES string of the molecule is CO[n+]1c(F)c(F)c(F)c(F)c1F. The number of aromatic nitrogens is 1. The molecule has 1 heterocycles. The molecule has 0 saturated heterocycles. The van der Waals surface area contributed by atoms with Crippen LogP contribution in [0.1, 0.15) is 0 Å². The van der Waals surface area contributed by atoms with Crippen LogP contribution < -0.4 is 9.57 Å². The van der Waals surface area contributed by atoms with E-state index in [1.54, 1.807) is 0 Å². The highest BCUT2D eigenvalue weighted by Crippen LogP contribution is 2.12. The Morgan fingerprint density at radius 2 is 1.23 bits per heavy atom. The Morgan fingerprint density at radius 3 is 1.54 bits per heavy atom. The molecule has 1 aromatic rings. The highest BCUT2D eigenvalue weighted by molar-refractivity contribution is 4.99. The van der Waals surface area contributed by atoms with Crippen molar-refractivity contribution in [1.82, 2.24) is 0 Å². The van der Waals surface area contributed by atoms with Gasteiger partial charge >= 0.3 is 11.9 Å². The number of hydrogen-bond acceptors (Lipinski definition) is 1. The lowest BCUT2D eigenvalue weighted by Gasteiger charge is -1.96. The molecule has 0 aliphatic carbocycles. The third kappa shape index (κ3) is 1.30. The molecule has 0 radical (unpaired) electrons. The highest BCUT2D eigenvalue weighted by Gasteiger charge is 2.35. The third-order valence-corrected chi connectivity index (χ3v) is 1.29. The van der Waals surface area contributed by atoms with E-state index in [-0.39, 0.29) is 0 Å². The van der Waals surface area contributed by atoms with E-state index in [2.05, 4.69) is 4.84 Å². The van der Waals surface area contributed by atoms with Gasteiger partial charge < -0.3 is 0 Å². The maximum atomic E-state index is 12.5. The summed E-state index contributed by atoms with van der Waals surface area (Å²) < 4.78 is 61.6. The van der Waals surface area contributed by atoms with E-state index in [4.69, 9.17) is 0 Å². The van der Waals surface area contributed by atoms with Gasteiger partial charge in [0.15, 0.2) is 0 Å². The summed E-state index contributed by atoms with van der Waals surface area (Å²) in [6.45, 7) is 0. The Bertz CT molecular complexity index is 324. The van der Waals surface area contributed by atoms with Crippen molar-refractivity contribution in [2.75, 3.05) is 7.11 Å². The molecule has 72 valence electrons. The minimum Gasteiger partial charge on any atom is -0.269 e. The molecule has 0 unspecified atom stereocenters. The summed E-state index contributed by atoms with van der Waals surface area (Å²) in [6, 6.07) is 0. The molecule has 0 aliphatic rings. The van der Waals surface area contributed by atoms with Crippen LogP contribution in [0, 0.1) is 29.3 Å². The Kier molecular flexibility index (Phi) is 2.35. The van der Waals surface area contributed by atoms with Gasteiger partial charge in [-0.15, -0.1) is 8.78 Å². The molecule has 7 heteroatoms. The van der Waals surface area contributed by atoms with Crippen molar-refractivity contribution in [3.05, 3.63) is 29.3 Å². The molecule has 0 amide bonds. The molecule has 0 N–H and O–H groups in total. The van der Waals surface area contributed by atoms with Crippen LogP contribution in [0.4, 0.5) is 22.0 Å². The number of rotatable bonds is 1. The average Bonchev–Trinajstić information content (AvgIpc) is 2.13. The standard InChI is InChI=1S/C6H3F5NO/c1-13-12-5(10)3(8)2(7)4(9)6(12)11/h1H3/q+1. The Labute approximate surface area is 69.1 Å². The lowest BCUT2D eigenvalue weighted by atomic mass is 10.4. The van der Waals surface area contributed by atoms with Crippen molar-refractivity contribution in [2.45, 2.75) is 0 Å². The third-order valence-electron chi connectivity index (χ3n) is 1.29. The van der Waals surface area contributed by atoms with Crippen LogP contribution >= 0.6 is 0 Å². The second-order valence-corrected chi connectivity index (χ2v) is 2.00. The molecule has 0 saturated carbocycles. The summed E-state index contributed by atoms with van der Waals surface area (Å²) in [5, 5.41) is 0. The zero-order chi connectivity index (χ0) is 10.2. The monoisotopic (exact) mass is 200 g/mol. The van der Waals surface area contributed by atoms with Crippen LogP contribution in [-0.4, -0.2) is 7.11 Å². The van der Waals surface area contributed by atoms with Gasteiger partial charge in [0.05, 0.1) is 4.73 Å². The van der Waals surface area contributed by atoms with Crippen LogP contribution in [0.2, 0.25) is 0 Å². The molecule has 0 aromatic carbocycles. The largest absolute Gasteiger partial charge is 0.451 e. The van der Waals surface area contributed by atoms with E-state index < -0.39 is 34.1 Å². The van der Waals surface area contributed by atoms with Crippen LogP contribution in [0.15, 0.2) is 0 Å². The maximum absolute atomic E-state index is 12.5. The van der Waals surface area contributed by atoms with Gasteiger partial charge in [0, 0.05) is 0 Å². The zero-order valence-corrected chi connectivity index (χ0v) is 6.25. The van der Waals surface area contributed by atoms with Gasteiger partial charge in [0.2, 0.25) is 5.82 Å². The van der Waals surface area contributed by atoms with Crippen LogP contribution in [-0.2, 0) is 0 Å². The lowest BCUT2D eigenvalue weighted by Crippen LogP contribution is -2.50. The molecule has 1 rings (SSSR count). The highest BCUT2D eigenvalue weighted by atomic mass is 19.2. The fourth-order valence-electron chi connectivity index (χ4n) is 0.702. The first-order chi connectivity index (χ1) is 6.00. The van der Waals surface area contributed by atoms with Gasteiger partial charge in [-0.25, -0.2) is 0 Å². The minimum absolute atomic E-state index is 0.437. The van der Waals surface area contributed by atoms with Gasteiger partial charge in [-0.05, 0) is 0 Å². The second kappa shape index (κ2) is 3.15. The van der Waals surface area contributed by atoms with Gasteiger partial charge in [-0.2, -0.15) is 13.2 Å². The molecule has 2 nitrogen and oxygen atoms in total. The molecule has 13 heavy (non-hydrogen) atoms. The quantitative estimate of drug-likeness (QED) is 0.370. The zero-order valence-electron chi connectivity index (χ0n) is 6.25. The maximum Gasteiger partial charge on any atom is 0.451 e. The fourth-order valence-corrected chi connectivity index (χ4v) is 0.702. The van der Waals surface area contributed by atoms with Crippen LogP contribution in [0.3, 0.4) is 0 Å². The summed E-state index contributed by atoms with van der Waals surface area (Å²) in [5.74, 6) is -10.4. The Balaban J connectivity index is 3.56. The molecule has 1 aromatic heterocycles. The molecular formula is C6H3F5NO+. The molecular weight excluding hydrogens is 197 g/mol. The number of hydrogen-bond donors (Lipinski definition) is 0. The van der Waals surface area contributed by atoms with E-state index >= 15 is 0 Å². The first kappa shape index (κ1) is 9.69. The van der Waals surface area contributed by atoms with Crippen molar-refractivity contribution >= 4 is 0 Å². The molecule has 0 bridgehead atoms. The average molecular weight is 200 g/mol. The first-order valence-electron chi connectivity index (χ1n) is 2.98. The van der Waals surface area contributed by atoms with Crippen molar-refractivity contribution < 1.29 is 31.5 Å². The summed E-state index contributed by atoms with van der Waals surface area (Å²) in [7, 11) is 0.767. The van der Waals surface area contributed by atoms with Gasteiger partial charge in [-0.1, -0.05) is 0 Å². The smallest absolute Gasteiger partial charge is 0.269 e. The summed E-state index contributed by atoms with van der Waals surface area (Å²) >= 11 is 0. The van der Waals surface area contributed by atoms with Crippen molar-refractivity contribution in [3.8, 4) is 0 Å². The van der Waals surface area contributed by atoms with E-state index in [9.17, 15) is 22.0 Å². The topological polar surface area (TPSA) is 13.1 Å². The van der Waals surface area contributed by atoms with E-state index in [1.165, 1.54) is 0 Å². The first-order valence-corrected chi connectivity index (χ1v) is 2.98. The van der Waals surface area contributed by atoms with E-state index in [0.717, 1.165) is 7.11 Å². The second-order valence-electron chi connectivity index (χ2n) is 2.00. The minimum atomic E-state index is -2.22. The van der Waals surface area contributed by atoms with Crippen molar-refractivity contribution in [1.29, 1.82) is 0 Å². The predicted octanol–water partition coefficient (Wildman–Crippen LogP) is 0.728.